The van der Waals surface area contributed by atoms with Gasteiger partial charge in [-0.1, -0.05) is 30.3 Å². The van der Waals surface area contributed by atoms with E-state index in [1.807, 2.05) is 6.07 Å². The molecule has 0 aromatic heterocycles. The summed E-state index contributed by atoms with van der Waals surface area (Å²) in [7, 11) is 1.76. The van der Waals surface area contributed by atoms with Gasteiger partial charge in [0.05, 0.1) is 5.60 Å². The molecular weight excluding hydrogens is 198 g/mol. The van der Waals surface area contributed by atoms with E-state index in [-0.39, 0.29) is 5.60 Å². The normalized spacial score (nSPS) is 13.8. The summed E-state index contributed by atoms with van der Waals surface area (Å²) in [5.74, 6) is 0. The molecule has 0 fully saturated rings. The number of rotatable bonds is 6. The van der Waals surface area contributed by atoms with Crippen molar-refractivity contribution in [2.75, 3.05) is 13.7 Å². The molecule has 0 spiro atoms. The third-order valence-electron chi connectivity index (χ3n) is 3.03. The molecule has 0 aliphatic carbocycles. The van der Waals surface area contributed by atoms with Gasteiger partial charge in [-0.15, -0.1) is 0 Å². The van der Waals surface area contributed by atoms with Crippen molar-refractivity contribution in [1.29, 1.82) is 0 Å². The average molecular weight is 221 g/mol. The molecule has 2 nitrogen and oxygen atoms in total. The van der Waals surface area contributed by atoms with Gasteiger partial charge < -0.3 is 10.1 Å². The summed E-state index contributed by atoms with van der Waals surface area (Å²) in [6.07, 6.45) is 1.01. The maximum atomic E-state index is 5.39. The van der Waals surface area contributed by atoms with E-state index in [2.05, 4.69) is 50.4 Å². The first-order valence-electron chi connectivity index (χ1n) is 5.88. The van der Waals surface area contributed by atoms with Gasteiger partial charge in [0.25, 0.3) is 0 Å². The Kier molecular flexibility index (Phi) is 4.97. The summed E-state index contributed by atoms with van der Waals surface area (Å²) in [5, 5.41) is 3.51. The monoisotopic (exact) mass is 221 g/mol. The number of ether oxygens (including phenoxy) is 1. The van der Waals surface area contributed by atoms with Gasteiger partial charge in [0.2, 0.25) is 0 Å². The highest BCUT2D eigenvalue weighted by Crippen LogP contribution is 2.14. The largest absolute Gasteiger partial charge is 0.379 e. The minimum Gasteiger partial charge on any atom is -0.379 e. The summed E-state index contributed by atoms with van der Waals surface area (Å²) in [4.78, 5) is 0. The van der Waals surface area contributed by atoms with Crippen molar-refractivity contribution in [2.45, 2.75) is 38.8 Å². The Labute approximate surface area is 99.0 Å². The zero-order chi connectivity index (χ0) is 12.0. The van der Waals surface area contributed by atoms with Gasteiger partial charge in [-0.25, -0.2) is 0 Å². The number of benzene rings is 1. The molecule has 0 amide bonds. The zero-order valence-corrected chi connectivity index (χ0v) is 10.8. The van der Waals surface area contributed by atoms with Crippen molar-refractivity contribution in [3.8, 4) is 0 Å². The maximum Gasteiger partial charge on any atom is 0.0634 e. The molecular formula is C14H23NO. The molecule has 0 aliphatic heterocycles. The van der Waals surface area contributed by atoms with Gasteiger partial charge in [0.15, 0.2) is 0 Å². The van der Waals surface area contributed by atoms with Gasteiger partial charge in [0, 0.05) is 13.2 Å². The van der Waals surface area contributed by atoms with E-state index in [0.29, 0.717) is 6.04 Å². The van der Waals surface area contributed by atoms with E-state index >= 15 is 0 Å². The second kappa shape index (κ2) is 6.02. The van der Waals surface area contributed by atoms with Crippen molar-refractivity contribution in [1.82, 2.24) is 5.32 Å². The third-order valence-corrected chi connectivity index (χ3v) is 3.03. The van der Waals surface area contributed by atoms with E-state index in [1.54, 1.807) is 7.11 Å². The molecule has 0 aliphatic rings. The van der Waals surface area contributed by atoms with Crippen LogP contribution in [0, 0.1) is 0 Å². The van der Waals surface area contributed by atoms with Crippen molar-refractivity contribution in [3.63, 3.8) is 0 Å². The van der Waals surface area contributed by atoms with Crippen molar-refractivity contribution >= 4 is 0 Å². The minimum absolute atomic E-state index is 0.0383. The maximum absolute atomic E-state index is 5.39. The Morgan fingerprint density at radius 3 is 2.44 bits per heavy atom. The van der Waals surface area contributed by atoms with Crippen LogP contribution in [0.4, 0.5) is 0 Å². The number of hydrogen-bond acceptors (Lipinski definition) is 2. The minimum atomic E-state index is -0.0383. The zero-order valence-electron chi connectivity index (χ0n) is 10.8. The highest BCUT2D eigenvalue weighted by atomic mass is 16.5. The fourth-order valence-corrected chi connectivity index (χ4v) is 1.55. The highest BCUT2D eigenvalue weighted by molar-refractivity contribution is 5.17. The molecule has 1 atom stereocenters. The van der Waals surface area contributed by atoms with E-state index in [4.69, 9.17) is 4.74 Å². The van der Waals surface area contributed by atoms with E-state index < -0.39 is 0 Å². The van der Waals surface area contributed by atoms with Crippen LogP contribution in [0.5, 0.6) is 0 Å². The van der Waals surface area contributed by atoms with E-state index in [1.165, 1.54) is 5.56 Å². The molecule has 0 saturated carbocycles. The summed E-state index contributed by atoms with van der Waals surface area (Å²) in [6, 6.07) is 10.9. The lowest BCUT2D eigenvalue weighted by Crippen LogP contribution is -2.30. The number of methoxy groups -OCH3 is 1. The fourth-order valence-electron chi connectivity index (χ4n) is 1.55. The molecule has 0 bridgehead atoms. The van der Waals surface area contributed by atoms with Gasteiger partial charge in [-0.2, -0.15) is 0 Å². The van der Waals surface area contributed by atoms with Crippen molar-refractivity contribution in [3.05, 3.63) is 35.9 Å². The van der Waals surface area contributed by atoms with Gasteiger partial charge in [0.1, 0.15) is 0 Å². The summed E-state index contributed by atoms with van der Waals surface area (Å²) >= 11 is 0. The topological polar surface area (TPSA) is 21.3 Å². The van der Waals surface area contributed by atoms with Gasteiger partial charge in [-0.05, 0) is 39.3 Å². The van der Waals surface area contributed by atoms with Gasteiger partial charge >= 0.3 is 0 Å². The molecule has 1 aromatic rings. The highest BCUT2D eigenvalue weighted by Gasteiger charge is 2.15. The molecule has 2 heteroatoms. The summed E-state index contributed by atoms with van der Waals surface area (Å²) in [5.41, 5.74) is 1.29. The van der Waals surface area contributed by atoms with Crippen LogP contribution in [-0.4, -0.2) is 19.3 Å². The Balaban J connectivity index is 2.34. The molecule has 0 unspecified atom stereocenters. The van der Waals surface area contributed by atoms with Crippen LogP contribution >= 0.6 is 0 Å². The second-order valence-electron chi connectivity index (χ2n) is 4.80. The van der Waals surface area contributed by atoms with Gasteiger partial charge in [-0.3, -0.25) is 0 Å². The standard InChI is InChI=1S/C14H23NO/c1-12(13-8-6-5-7-9-13)15-11-10-14(2,3)16-4/h5-9,12,15H,10-11H2,1-4H3/t12-/m0/s1. The molecule has 0 radical (unpaired) electrons. The Morgan fingerprint density at radius 2 is 1.88 bits per heavy atom. The first-order chi connectivity index (χ1) is 7.55. The summed E-state index contributed by atoms with van der Waals surface area (Å²) < 4.78 is 5.39. The fraction of sp³-hybridized carbons (Fsp3) is 0.571. The van der Waals surface area contributed by atoms with Crippen LogP contribution in [0.15, 0.2) is 30.3 Å². The molecule has 90 valence electrons. The predicted octanol–water partition coefficient (Wildman–Crippen LogP) is 3.15. The van der Waals surface area contributed by atoms with E-state index in [0.717, 1.165) is 13.0 Å². The Bertz CT molecular complexity index is 295. The predicted molar refractivity (Wildman–Crippen MR) is 68.6 cm³/mol. The lowest BCUT2D eigenvalue weighted by atomic mass is 10.0. The van der Waals surface area contributed by atoms with Crippen LogP contribution in [0.25, 0.3) is 0 Å². The SMILES string of the molecule is COC(C)(C)CCN[C@@H](C)c1ccccc1. The molecule has 1 N–H and O–H groups in total. The third kappa shape index (κ3) is 4.33. The van der Waals surface area contributed by atoms with Crippen LogP contribution in [-0.2, 0) is 4.74 Å². The lowest BCUT2D eigenvalue weighted by molar-refractivity contribution is 0.0154. The van der Waals surface area contributed by atoms with Crippen LogP contribution < -0.4 is 5.32 Å². The number of nitrogens with one attached hydrogen (secondary N) is 1. The summed E-state index contributed by atoms with van der Waals surface area (Å²) in [6.45, 7) is 7.38. The second-order valence-corrected chi connectivity index (χ2v) is 4.80. The molecule has 1 rings (SSSR count). The Hall–Kier alpha value is -0.860. The first kappa shape index (κ1) is 13.2. The average Bonchev–Trinajstić information content (AvgIpc) is 2.30. The molecule has 0 heterocycles. The van der Waals surface area contributed by atoms with E-state index in [9.17, 15) is 0 Å². The first-order valence-corrected chi connectivity index (χ1v) is 5.88. The Morgan fingerprint density at radius 1 is 1.25 bits per heavy atom. The smallest absolute Gasteiger partial charge is 0.0634 e. The quantitative estimate of drug-likeness (QED) is 0.796. The van der Waals surface area contributed by atoms with Crippen LogP contribution in [0.2, 0.25) is 0 Å². The molecule has 0 saturated heterocycles. The molecule has 1 aromatic carbocycles. The lowest BCUT2D eigenvalue weighted by Gasteiger charge is -2.24. The van der Waals surface area contributed by atoms with Crippen LogP contribution in [0.3, 0.4) is 0 Å². The van der Waals surface area contributed by atoms with Crippen molar-refractivity contribution in [2.24, 2.45) is 0 Å². The number of hydrogen-bond donors (Lipinski definition) is 1. The molecule has 16 heavy (non-hydrogen) atoms. The van der Waals surface area contributed by atoms with Crippen LogP contribution in [0.1, 0.15) is 38.8 Å². The van der Waals surface area contributed by atoms with Crippen molar-refractivity contribution < 1.29 is 4.74 Å².